The Bertz CT molecular complexity index is 565. The fraction of sp³-hybridized carbons (Fsp3) is 0.533. The van der Waals surface area contributed by atoms with E-state index in [9.17, 15) is 0 Å². The molecular formula is C15H21N5. The molecule has 1 aliphatic heterocycles. The first-order chi connectivity index (χ1) is 9.81. The summed E-state index contributed by atoms with van der Waals surface area (Å²) >= 11 is 0. The van der Waals surface area contributed by atoms with Crippen LogP contribution in [0.25, 0.3) is 11.0 Å². The highest BCUT2D eigenvalue weighted by Gasteiger charge is 2.14. The number of likely N-dealkylation sites (tertiary alicyclic amines) is 1. The van der Waals surface area contributed by atoms with Gasteiger partial charge in [-0.1, -0.05) is 19.1 Å². The van der Waals surface area contributed by atoms with Gasteiger partial charge in [0, 0.05) is 13.1 Å². The molecular weight excluding hydrogens is 250 g/mol. The van der Waals surface area contributed by atoms with Crippen LogP contribution in [0.4, 0.5) is 5.95 Å². The summed E-state index contributed by atoms with van der Waals surface area (Å²) in [6.07, 6.45) is 2.69. The molecule has 1 aromatic carbocycles. The lowest BCUT2D eigenvalue weighted by Gasteiger charge is -2.20. The minimum absolute atomic E-state index is 0.586. The van der Waals surface area contributed by atoms with Gasteiger partial charge in [0.25, 0.3) is 0 Å². The van der Waals surface area contributed by atoms with E-state index in [0.29, 0.717) is 11.9 Å². The van der Waals surface area contributed by atoms with Crippen LogP contribution in [0.3, 0.4) is 0 Å². The number of para-hydroxylation sites is 1. The Labute approximate surface area is 119 Å². The van der Waals surface area contributed by atoms with Gasteiger partial charge in [0.05, 0.1) is 5.52 Å². The van der Waals surface area contributed by atoms with Crippen LogP contribution in [0, 0.1) is 5.92 Å². The molecule has 0 aliphatic carbocycles. The smallest absolute Gasteiger partial charge is 0.243 e. The molecule has 1 aliphatic rings. The summed E-state index contributed by atoms with van der Waals surface area (Å²) in [7, 11) is 0. The van der Waals surface area contributed by atoms with E-state index in [2.05, 4.69) is 32.3 Å². The molecule has 2 aromatic rings. The summed E-state index contributed by atoms with van der Waals surface area (Å²) < 4.78 is 0. The monoisotopic (exact) mass is 271 g/mol. The second-order valence-electron chi connectivity index (χ2n) is 5.62. The fourth-order valence-electron chi connectivity index (χ4n) is 2.69. The molecule has 0 spiro atoms. The molecule has 0 amide bonds. The van der Waals surface area contributed by atoms with Crippen molar-refractivity contribution in [3.63, 3.8) is 0 Å². The third-order valence-electron chi connectivity index (χ3n) is 3.74. The van der Waals surface area contributed by atoms with E-state index in [-0.39, 0.29) is 0 Å². The first-order valence-corrected chi connectivity index (χ1v) is 7.37. The van der Waals surface area contributed by atoms with Gasteiger partial charge in [-0.25, -0.2) is 4.98 Å². The van der Waals surface area contributed by atoms with Gasteiger partial charge < -0.3 is 10.2 Å². The molecule has 5 nitrogen and oxygen atoms in total. The molecule has 3 rings (SSSR count). The maximum Gasteiger partial charge on any atom is 0.243 e. The Morgan fingerprint density at radius 3 is 2.70 bits per heavy atom. The highest BCUT2D eigenvalue weighted by molar-refractivity contribution is 5.73. The normalized spacial score (nSPS) is 17.4. The number of hydrogen-bond acceptors (Lipinski definition) is 5. The lowest BCUT2D eigenvalue weighted by Crippen LogP contribution is -2.29. The van der Waals surface area contributed by atoms with Gasteiger partial charge in [0.1, 0.15) is 5.52 Å². The van der Waals surface area contributed by atoms with Crippen LogP contribution in [0.5, 0.6) is 0 Å². The van der Waals surface area contributed by atoms with Crippen LogP contribution in [-0.4, -0.2) is 46.3 Å². The van der Waals surface area contributed by atoms with Crippen LogP contribution >= 0.6 is 0 Å². The van der Waals surface area contributed by atoms with Crippen molar-refractivity contribution < 1.29 is 0 Å². The van der Waals surface area contributed by atoms with E-state index in [1.165, 1.54) is 25.9 Å². The molecule has 1 aromatic heterocycles. The summed E-state index contributed by atoms with van der Waals surface area (Å²) in [5.74, 6) is 1.21. The summed E-state index contributed by atoms with van der Waals surface area (Å²) in [5.41, 5.74) is 1.72. The molecule has 1 fully saturated rings. The van der Waals surface area contributed by atoms with Crippen LogP contribution < -0.4 is 5.32 Å². The number of fused-ring (bicyclic) bond motifs is 1. The van der Waals surface area contributed by atoms with Crippen molar-refractivity contribution in [2.45, 2.75) is 19.8 Å². The SMILES string of the molecule is CC(CNc1nnc2ccccc2n1)CN1CCCC1. The van der Waals surface area contributed by atoms with Gasteiger partial charge in [-0.15, -0.1) is 10.2 Å². The largest absolute Gasteiger partial charge is 0.353 e. The lowest BCUT2D eigenvalue weighted by molar-refractivity contribution is 0.294. The number of benzene rings is 1. The highest BCUT2D eigenvalue weighted by atomic mass is 15.2. The maximum absolute atomic E-state index is 4.48. The van der Waals surface area contributed by atoms with Crippen LogP contribution in [0.1, 0.15) is 19.8 Å². The molecule has 0 radical (unpaired) electrons. The molecule has 1 unspecified atom stereocenters. The minimum atomic E-state index is 0.586. The van der Waals surface area contributed by atoms with Crippen molar-refractivity contribution in [3.8, 4) is 0 Å². The van der Waals surface area contributed by atoms with Crippen molar-refractivity contribution in [2.24, 2.45) is 5.92 Å². The Morgan fingerprint density at radius 1 is 1.15 bits per heavy atom. The number of rotatable bonds is 5. The molecule has 20 heavy (non-hydrogen) atoms. The second kappa shape index (κ2) is 6.13. The minimum Gasteiger partial charge on any atom is -0.353 e. The van der Waals surface area contributed by atoms with E-state index in [0.717, 1.165) is 24.1 Å². The summed E-state index contributed by atoms with van der Waals surface area (Å²) in [6, 6.07) is 7.80. The predicted molar refractivity (Wildman–Crippen MR) is 80.7 cm³/mol. The zero-order valence-electron chi connectivity index (χ0n) is 11.9. The standard InChI is InChI=1S/C15H21N5/c1-12(11-20-8-4-5-9-20)10-16-15-17-13-6-2-3-7-14(13)18-19-15/h2-3,6-7,12H,4-5,8-11H2,1H3,(H,16,17,19). The number of nitrogens with zero attached hydrogens (tertiary/aromatic N) is 4. The molecule has 2 heterocycles. The van der Waals surface area contributed by atoms with E-state index in [4.69, 9.17) is 0 Å². The lowest BCUT2D eigenvalue weighted by atomic mass is 10.1. The topological polar surface area (TPSA) is 53.9 Å². The fourth-order valence-corrected chi connectivity index (χ4v) is 2.69. The zero-order chi connectivity index (χ0) is 13.8. The summed E-state index contributed by atoms with van der Waals surface area (Å²) in [6.45, 7) is 6.79. The highest BCUT2D eigenvalue weighted by Crippen LogP contribution is 2.12. The number of anilines is 1. The van der Waals surface area contributed by atoms with Gasteiger partial charge in [0.2, 0.25) is 5.95 Å². The van der Waals surface area contributed by atoms with Gasteiger partial charge in [-0.3, -0.25) is 0 Å². The number of aromatic nitrogens is 3. The van der Waals surface area contributed by atoms with Crippen molar-refractivity contribution in [2.75, 3.05) is 31.5 Å². The molecule has 106 valence electrons. The van der Waals surface area contributed by atoms with Crippen molar-refractivity contribution in [3.05, 3.63) is 24.3 Å². The molecule has 1 saturated heterocycles. The van der Waals surface area contributed by atoms with Gasteiger partial charge >= 0.3 is 0 Å². The van der Waals surface area contributed by atoms with Crippen LogP contribution in [0.2, 0.25) is 0 Å². The van der Waals surface area contributed by atoms with E-state index >= 15 is 0 Å². The van der Waals surface area contributed by atoms with Crippen molar-refractivity contribution in [1.82, 2.24) is 20.1 Å². The Kier molecular flexibility index (Phi) is 4.06. The van der Waals surface area contributed by atoms with Gasteiger partial charge in [-0.2, -0.15) is 0 Å². The molecule has 1 atom stereocenters. The van der Waals surface area contributed by atoms with Gasteiger partial charge in [0.15, 0.2) is 0 Å². The average Bonchev–Trinajstić information content (AvgIpc) is 2.98. The third-order valence-corrected chi connectivity index (χ3v) is 3.74. The van der Waals surface area contributed by atoms with Crippen molar-refractivity contribution >= 4 is 17.0 Å². The summed E-state index contributed by atoms with van der Waals surface area (Å²) in [4.78, 5) is 7.01. The molecule has 5 heteroatoms. The Balaban J connectivity index is 1.56. The molecule has 1 N–H and O–H groups in total. The molecule has 0 saturated carbocycles. The maximum atomic E-state index is 4.48. The average molecular weight is 271 g/mol. The zero-order valence-corrected chi connectivity index (χ0v) is 11.9. The van der Waals surface area contributed by atoms with E-state index in [1.54, 1.807) is 0 Å². The predicted octanol–water partition coefficient (Wildman–Crippen LogP) is 2.17. The Morgan fingerprint density at radius 2 is 1.90 bits per heavy atom. The second-order valence-corrected chi connectivity index (χ2v) is 5.62. The van der Waals surface area contributed by atoms with Crippen LogP contribution in [0.15, 0.2) is 24.3 Å². The quantitative estimate of drug-likeness (QED) is 0.903. The first-order valence-electron chi connectivity index (χ1n) is 7.37. The number of nitrogens with one attached hydrogen (secondary N) is 1. The first kappa shape index (κ1) is 13.2. The summed E-state index contributed by atoms with van der Waals surface area (Å²) in [5, 5.41) is 11.6. The van der Waals surface area contributed by atoms with Crippen LogP contribution in [-0.2, 0) is 0 Å². The van der Waals surface area contributed by atoms with E-state index < -0.39 is 0 Å². The van der Waals surface area contributed by atoms with Crippen molar-refractivity contribution in [1.29, 1.82) is 0 Å². The third kappa shape index (κ3) is 3.22. The van der Waals surface area contributed by atoms with E-state index in [1.807, 2.05) is 24.3 Å². The van der Waals surface area contributed by atoms with Gasteiger partial charge in [-0.05, 0) is 44.0 Å². The Hall–Kier alpha value is -1.75. The number of hydrogen-bond donors (Lipinski definition) is 1. The molecule has 0 bridgehead atoms.